The van der Waals surface area contributed by atoms with Crippen LogP contribution in [0.1, 0.15) is 50.0 Å². The zero-order valence-corrected chi connectivity index (χ0v) is 14.6. The van der Waals surface area contributed by atoms with E-state index >= 15 is 0 Å². The van der Waals surface area contributed by atoms with Crippen LogP contribution < -0.4 is 0 Å². The van der Waals surface area contributed by atoms with E-state index in [0.29, 0.717) is 17.9 Å². The largest absolute Gasteiger partial charge is 0.342 e. The molecule has 1 saturated carbocycles. The van der Waals surface area contributed by atoms with Gasteiger partial charge in [0.2, 0.25) is 5.91 Å². The van der Waals surface area contributed by atoms with Crippen molar-refractivity contribution in [1.29, 1.82) is 0 Å². The van der Waals surface area contributed by atoms with Gasteiger partial charge in [0.15, 0.2) is 0 Å². The molecule has 1 heterocycles. The first kappa shape index (κ1) is 16.5. The number of piperidine rings is 1. The first-order valence-corrected chi connectivity index (χ1v) is 9.17. The molecule has 1 aromatic carbocycles. The molecule has 1 amide bonds. The highest BCUT2D eigenvalue weighted by Gasteiger charge is 2.35. The minimum atomic E-state index is 0.0783. The quantitative estimate of drug-likeness (QED) is 0.849. The number of hydrogen-bond donors (Lipinski definition) is 0. The van der Waals surface area contributed by atoms with E-state index in [0.717, 1.165) is 25.9 Å². The minimum Gasteiger partial charge on any atom is -0.342 e. The van der Waals surface area contributed by atoms with E-state index < -0.39 is 0 Å². The maximum Gasteiger partial charge on any atom is 0.230 e. The van der Waals surface area contributed by atoms with Crippen LogP contribution in [0, 0.1) is 5.92 Å². The Balaban J connectivity index is 1.73. The molecule has 0 bridgehead atoms. The average Bonchev–Trinajstić information content (AvgIpc) is 3.10. The molecular formula is C20H30N2O. The number of carbonyl (C=O) groups is 1. The molecule has 0 radical (unpaired) electrons. The molecule has 0 aromatic heterocycles. The van der Waals surface area contributed by atoms with Crippen LogP contribution >= 0.6 is 0 Å². The summed E-state index contributed by atoms with van der Waals surface area (Å²) in [6.07, 6.45) is 7.18. The minimum absolute atomic E-state index is 0.0783. The van der Waals surface area contributed by atoms with Crippen molar-refractivity contribution in [3.05, 3.63) is 35.9 Å². The van der Waals surface area contributed by atoms with Gasteiger partial charge in [-0.15, -0.1) is 0 Å². The van der Waals surface area contributed by atoms with Gasteiger partial charge in [0.25, 0.3) is 0 Å². The molecule has 3 rings (SSSR count). The Kier molecular flexibility index (Phi) is 5.37. The van der Waals surface area contributed by atoms with Gasteiger partial charge >= 0.3 is 0 Å². The number of hydrogen-bond acceptors (Lipinski definition) is 2. The second-order valence-corrected chi connectivity index (χ2v) is 7.45. The molecule has 1 unspecified atom stereocenters. The van der Waals surface area contributed by atoms with Gasteiger partial charge in [-0.2, -0.15) is 0 Å². The van der Waals surface area contributed by atoms with Crippen molar-refractivity contribution in [2.24, 2.45) is 5.92 Å². The highest BCUT2D eigenvalue weighted by atomic mass is 16.2. The van der Waals surface area contributed by atoms with Gasteiger partial charge in [-0.3, -0.25) is 4.79 Å². The lowest BCUT2D eigenvalue weighted by Crippen LogP contribution is -2.46. The van der Waals surface area contributed by atoms with Crippen LogP contribution in [0.3, 0.4) is 0 Å². The Labute approximate surface area is 140 Å². The fraction of sp³-hybridized carbons (Fsp3) is 0.650. The van der Waals surface area contributed by atoms with Crippen molar-refractivity contribution in [3.8, 4) is 0 Å². The van der Waals surface area contributed by atoms with Crippen molar-refractivity contribution in [2.45, 2.75) is 50.5 Å². The molecule has 3 heteroatoms. The van der Waals surface area contributed by atoms with Gasteiger partial charge in [0.1, 0.15) is 0 Å². The van der Waals surface area contributed by atoms with E-state index in [1.54, 1.807) is 0 Å². The smallest absolute Gasteiger partial charge is 0.230 e. The van der Waals surface area contributed by atoms with Crippen molar-refractivity contribution in [1.82, 2.24) is 9.80 Å². The van der Waals surface area contributed by atoms with Gasteiger partial charge in [-0.1, -0.05) is 43.2 Å². The SMILES string of the molecule is CN(C)C1CCN(C(=O)C(c2ccccc2)C2CCCC2)CC1. The Morgan fingerprint density at radius 3 is 2.22 bits per heavy atom. The fourth-order valence-corrected chi connectivity index (χ4v) is 4.37. The first-order valence-electron chi connectivity index (χ1n) is 9.17. The van der Waals surface area contributed by atoms with E-state index in [-0.39, 0.29) is 5.92 Å². The second-order valence-electron chi connectivity index (χ2n) is 7.45. The molecular weight excluding hydrogens is 284 g/mol. The van der Waals surface area contributed by atoms with E-state index in [4.69, 9.17) is 0 Å². The van der Waals surface area contributed by atoms with Crippen molar-refractivity contribution in [3.63, 3.8) is 0 Å². The fourth-order valence-electron chi connectivity index (χ4n) is 4.37. The van der Waals surface area contributed by atoms with E-state index in [2.05, 4.69) is 48.2 Å². The van der Waals surface area contributed by atoms with Crippen LogP contribution in [0.4, 0.5) is 0 Å². The summed E-state index contributed by atoms with van der Waals surface area (Å²) >= 11 is 0. The van der Waals surface area contributed by atoms with E-state index in [1.165, 1.54) is 31.2 Å². The summed E-state index contributed by atoms with van der Waals surface area (Å²) in [6.45, 7) is 1.83. The summed E-state index contributed by atoms with van der Waals surface area (Å²) in [5, 5.41) is 0. The van der Waals surface area contributed by atoms with Crippen molar-refractivity contribution < 1.29 is 4.79 Å². The molecule has 2 aliphatic rings. The molecule has 23 heavy (non-hydrogen) atoms. The molecule has 1 aliphatic heterocycles. The van der Waals surface area contributed by atoms with E-state index in [1.807, 2.05) is 6.07 Å². The van der Waals surface area contributed by atoms with Crippen molar-refractivity contribution >= 4 is 5.91 Å². The molecule has 0 spiro atoms. The Morgan fingerprint density at radius 1 is 1.04 bits per heavy atom. The summed E-state index contributed by atoms with van der Waals surface area (Å²) in [5.41, 5.74) is 1.22. The molecule has 1 aliphatic carbocycles. The highest BCUT2D eigenvalue weighted by molar-refractivity contribution is 5.84. The maximum atomic E-state index is 13.3. The summed E-state index contributed by atoms with van der Waals surface area (Å²) in [6, 6.07) is 11.1. The zero-order valence-electron chi connectivity index (χ0n) is 14.6. The van der Waals surface area contributed by atoms with Gasteiger partial charge in [0, 0.05) is 19.1 Å². The van der Waals surface area contributed by atoms with Crippen LogP contribution in [0.15, 0.2) is 30.3 Å². The van der Waals surface area contributed by atoms with Gasteiger partial charge in [0.05, 0.1) is 5.92 Å². The van der Waals surface area contributed by atoms with Crippen LogP contribution in [0.25, 0.3) is 0 Å². The number of nitrogens with zero attached hydrogens (tertiary/aromatic N) is 2. The van der Waals surface area contributed by atoms with E-state index in [9.17, 15) is 4.79 Å². The number of carbonyl (C=O) groups excluding carboxylic acids is 1. The number of benzene rings is 1. The normalized spacial score (nSPS) is 21.8. The standard InChI is InChI=1S/C20H30N2O/c1-21(2)18-12-14-22(15-13-18)20(23)19(17-10-6-7-11-17)16-8-4-3-5-9-16/h3-5,8-9,17-19H,6-7,10-15H2,1-2H3. The molecule has 0 N–H and O–H groups in total. The monoisotopic (exact) mass is 314 g/mol. The maximum absolute atomic E-state index is 13.3. The number of amides is 1. The molecule has 1 aromatic rings. The summed E-state index contributed by atoms with van der Waals surface area (Å²) in [4.78, 5) is 17.7. The Bertz CT molecular complexity index is 500. The molecule has 2 fully saturated rings. The van der Waals surface area contributed by atoms with Gasteiger partial charge in [-0.05, 0) is 51.3 Å². The third kappa shape index (κ3) is 3.77. The first-order chi connectivity index (χ1) is 11.2. The molecule has 1 atom stereocenters. The second kappa shape index (κ2) is 7.48. The lowest BCUT2D eigenvalue weighted by atomic mass is 9.83. The molecule has 1 saturated heterocycles. The predicted octanol–water partition coefficient (Wildman–Crippen LogP) is 3.51. The summed E-state index contributed by atoms with van der Waals surface area (Å²) in [7, 11) is 4.29. The lowest BCUT2D eigenvalue weighted by Gasteiger charge is -2.38. The zero-order chi connectivity index (χ0) is 16.2. The van der Waals surface area contributed by atoms with Crippen LogP contribution in [-0.2, 0) is 4.79 Å². The number of likely N-dealkylation sites (tertiary alicyclic amines) is 1. The average molecular weight is 314 g/mol. The Hall–Kier alpha value is -1.35. The predicted molar refractivity (Wildman–Crippen MR) is 94.4 cm³/mol. The Morgan fingerprint density at radius 2 is 1.65 bits per heavy atom. The van der Waals surface area contributed by atoms with Crippen molar-refractivity contribution in [2.75, 3.05) is 27.2 Å². The summed E-state index contributed by atoms with van der Waals surface area (Å²) in [5.74, 6) is 0.992. The van der Waals surface area contributed by atoms with Crippen LogP contribution in [0.2, 0.25) is 0 Å². The molecule has 126 valence electrons. The van der Waals surface area contributed by atoms with Gasteiger partial charge in [-0.25, -0.2) is 0 Å². The van der Waals surface area contributed by atoms with Gasteiger partial charge < -0.3 is 9.80 Å². The molecule has 3 nitrogen and oxygen atoms in total. The third-order valence-corrected chi connectivity index (χ3v) is 5.80. The lowest BCUT2D eigenvalue weighted by molar-refractivity contribution is -0.135. The topological polar surface area (TPSA) is 23.6 Å². The third-order valence-electron chi connectivity index (χ3n) is 5.80. The summed E-state index contributed by atoms with van der Waals surface area (Å²) < 4.78 is 0. The van der Waals surface area contributed by atoms with Crippen LogP contribution in [-0.4, -0.2) is 48.9 Å². The van der Waals surface area contributed by atoms with Crippen LogP contribution in [0.5, 0.6) is 0 Å². The highest BCUT2D eigenvalue weighted by Crippen LogP contribution is 2.39. The number of rotatable bonds is 4.